The fourth-order valence-corrected chi connectivity index (χ4v) is 3.00. The van der Waals surface area contributed by atoms with Crippen LogP contribution in [-0.4, -0.2) is 32.0 Å². The van der Waals surface area contributed by atoms with Crippen molar-refractivity contribution in [1.82, 2.24) is 5.32 Å². The average Bonchev–Trinajstić information content (AvgIpc) is 2.35. The monoisotopic (exact) mass is 335 g/mol. The summed E-state index contributed by atoms with van der Waals surface area (Å²) in [5.74, 6) is -0.407. The molecule has 120 valence electrons. The molecule has 1 atom stereocenters. The number of hydrogen-bond donors (Lipinski definition) is 1. The van der Waals surface area contributed by atoms with Gasteiger partial charge in [-0.1, -0.05) is 24.6 Å². The lowest BCUT2D eigenvalue weighted by Crippen LogP contribution is -2.53. The SMILES string of the molecule is CCCNC(Cc1c(F)cccc1Cl)C(C)(C)S(C)(=O)=O. The molecule has 3 nitrogen and oxygen atoms in total. The van der Waals surface area contributed by atoms with Gasteiger partial charge >= 0.3 is 0 Å². The first-order chi connectivity index (χ1) is 9.61. The van der Waals surface area contributed by atoms with Gasteiger partial charge in [0.1, 0.15) is 5.82 Å². The van der Waals surface area contributed by atoms with Crippen molar-refractivity contribution in [2.24, 2.45) is 0 Å². The molecule has 0 aliphatic rings. The molecule has 0 aliphatic heterocycles. The van der Waals surface area contributed by atoms with Gasteiger partial charge in [-0.15, -0.1) is 0 Å². The second-order valence-corrected chi connectivity index (χ2v) is 8.79. The van der Waals surface area contributed by atoms with Crippen molar-refractivity contribution in [3.05, 3.63) is 34.6 Å². The van der Waals surface area contributed by atoms with Crippen molar-refractivity contribution in [3.63, 3.8) is 0 Å². The fraction of sp³-hybridized carbons (Fsp3) is 0.600. The van der Waals surface area contributed by atoms with Crippen LogP contribution < -0.4 is 5.32 Å². The molecule has 0 saturated carbocycles. The normalized spacial score (nSPS) is 14.2. The lowest BCUT2D eigenvalue weighted by atomic mass is 9.95. The first kappa shape index (κ1) is 18.4. The topological polar surface area (TPSA) is 46.2 Å². The number of rotatable bonds is 7. The first-order valence-corrected chi connectivity index (χ1v) is 9.24. The van der Waals surface area contributed by atoms with E-state index in [4.69, 9.17) is 11.6 Å². The van der Waals surface area contributed by atoms with E-state index >= 15 is 0 Å². The number of halogens is 2. The summed E-state index contributed by atoms with van der Waals surface area (Å²) in [5, 5.41) is 3.54. The highest BCUT2D eigenvalue weighted by Crippen LogP contribution is 2.27. The molecule has 0 saturated heterocycles. The third-order valence-electron chi connectivity index (χ3n) is 3.91. The standard InChI is InChI=1S/C15H23ClFNO2S/c1-5-9-18-14(15(2,3)21(4,19)20)10-11-12(16)7-6-8-13(11)17/h6-8,14,18H,5,9-10H2,1-4H3. The number of benzene rings is 1. The van der Waals surface area contributed by atoms with Crippen LogP contribution in [0.4, 0.5) is 4.39 Å². The van der Waals surface area contributed by atoms with Crippen LogP contribution in [0.2, 0.25) is 5.02 Å². The van der Waals surface area contributed by atoms with Crippen LogP contribution in [0.3, 0.4) is 0 Å². The second kappa shape index (κ2) is 7.07. The number of hydrogen-bond acceptors (Lipinski definition) is 3. The first-order valence-electron chi connectivity index (χ1n) is 6.97. The maximum Gasteiger partial charge on any atom is 0.154 e. The summed E-state index contributed by atoms with van der Waals surface area (Å²) in [4.78, 5) is 0. The minimum atomic E-state index is -3.31. The molecule has 0 aliphatic carbocycles. The van der Waals surface area contributed by atoms with E-state index in [0.717, 1.165) is 6.42 Å². The molecular weight excluding hydrogens is 313 g/mol. The Labute approximate surface area is 131 Å². The third kappa shape index (κ3) is 4.41. The highest BCUT2D eigenvalue weighted by atomic mass is 35.5. The van der Waals surface area contributed by atoms with Gasteiger partial charge in [-0.2, -0.15) is 0 Å². The lowest BCUT2D eigenvalue weighted by Gasteiger charge is -2.34. The van der Waals surface area contributed by atoms with Gasteiger partial charge in [0.05, 0.1) is 4.75 Å². The molecule has 21 heavy (non-hydrogen) atoms. The van der Waals surface area contributed by atoms with E-state index in [1.165, 1.54) is 18.4 Å². The van der Waals surface area contributed by atoms with E-state index < -0.39 is 26.4 Å². The third-order valence-corrected chi connectivity index (χ3v) is 6.46. The predicted molar refractivity (Wildman–Crippen MR) is 86.1 cm³/mol. The van der Waals surface area contributed by atoms with E-state index in [0.29, 0.717) is 17.1 Å². The molecule has 0 spiro atoms. The molecule has 0 heterocycles. The minimum Gasteiger partial charge on any atom is -0.312 e. The van der Waals surface area contributed by atoms with Gasteiger partial charge in [0, 0.05) is 22.9 Å². The molecule has 0 fully saturated rings. The van der Waals surface area contributed by atoms with Crippen LogP contribution in [0.25, 0.3) is 0 Å². The maximum atomic E-state index is 14.0. The van der Waals surface area contributed by atoms with E-state index in [1.807, 2.05) is 6.92 Å². The smallest absolute Gasteiger partial charge is 0.154 e. The average molecular weight is 336 g/mol. The fourth-order valence-electron chi connectivity index (χ4n) is 2.07. The summed E-state index contributed by atoms with van der Waals surface area (Å²) >= 11 is 6.05. The quantitative estimate of drug-likeness (QED) is 0.832. The van der Waals surface area contributed by atoms with Gasteiger partial charge in [-0.05, 0) is 45.4 Å². The van der Waals surface area contributed by atoms with Crippen LogP contribution in [0.1, 0.15) is 32.8 Å². The Morgan fingerprint density at radius 3 is 2.48 bits per heavy atom. The zero-order valence-corrected chi connectivity index (χ0v) is 14.5. The molecule has 1 unspecified atom stereocenters. The van der Waals surface area contributed by atoms with Crippen molar-refractivity contribution in [2.75, 3.05) is 12.8 Å². The van der Waals surface area contributed by atoms with Crippen molar-refractivity contribution in [2.45, 2.75) is 44.4 Å². The lowest BCUT2D eigenvalue weighted by molar-refractivity contribution is 0.401. The van der Waals surface area contributed by atoms with Crippen LogP contribution in [0, 0.1) is 5.82 Å². The summed E-state index contributed by atoms with van der Waals surface area (Å²) in [7, 11) is -3.31. The molecular formula is C15H23ClFNO2S. The molecule has 1 rings (SSSR count). The van der Waals surface area contributed by atoms with Crippen molar-refractivity contribution >= 4 is 21.4 Å². The molecule has 6 heteroatoms. The second-order valence-electron chi connectivity index (χ2n) is 5.79. The summed E-state index contributed by atoms with van der Waals surface area (Å²) < 4.78 is 37.0. The van der Waals surface area contributed by atoms with E-state index in [1.54, 1.807) is 19.9 Å². The van der Waals surface area contributed by atoms with Gasteiger partial charge in [-0.3, -0.25) is 0 Å². The summed E-state index contributed by atoms with van der Waals surface area (Å²) in [6, 6.07) is 4.08. The molecule has 0 aromatic heterocycles. The Hall–Kier alpha value is -0.650. The summed E-state index contributed by atoms with van der Waals surface area (Å²) in [6.07, 6.45) is 2.30. The largest absolute Gasteiger partial charge is 0.312 e. The van der Waals surface area contributed by atoms with Gasteiger partial charge in [0.25, 0.3) is 0 Å². The Balaban J connectivity index is 3.16. The highest BCUT2D eigenvalue weighted by Gasteiger charge is 2.39. The summed E-state index contributed by atoms with van der Waals surface area (Å²) in [5.41, 5.74) is 0.351. The summed E-state index contributed by atoms with van der Waals surface area (Å²) in [6.45, 7) is 5.97. The van der Waals surface area contributed by atoms with E-state index in [-0.39, 0.29) is 6.42 Å². The number of nitrogens with one attached hydrogen (secondary N) is 1. The van der Waals surface area contributed by atoms with Crippen LogP contribution >= 0.6 is 11.6 Å². The molecule has 0 bridgehead atoms. The van der Waals surface area contributed by atoms with Crippen LogP contribution in [0.15, 0.2) is 18.2 Å². The molecule has 1 aromatic carbocycles. The van der Waals surface area contributed by atoms with E-state index in [2.05, 4.69) is 5.32 Å². The Bertz CT molecular complexity index is 567. The van der Waals surface area contributed by atoms with Gasteiger partial charge in [0.2, 0.25) is 0 Å². The molecule has 1 aromatic rings. The zero-order valence-electron chi connectivity index (χ0n) is 12.9. The maximum absolute atomic E-state index is 14.0. The van der Waals surface area contributed by atoms with Crippen molar-refractivity contribution < 1.29 is 12.8 Å². The molecule has 1 N–H and O–H groups in total. The highest BCUT2D eigenvalue weighted by molar-refractivity contribution is 7.92. The Kier molecular flexibility index (Phi) is 6.20. The zero-order chi connectivity index (χ0) is 16.3. The molecule has 0 amide bonds. The van der Waals surface area contributed by atoms with Gasteiger partial charge in [0.15, 0.2) is 9.84 Å². The Morgan fingerprint density at radius 2 is 2.00 bits per heavy atom. The Morgan fingerprint density at radius 1 is 1.38 bits per heavy atom. The van der Waals surface area contributed by atoms with E-state index in [9.17, 15) is 12.8 Å². The molecule has 0 radical (unpaired) electrons. The van der Waals surface area contributed by atoms with Crippen LogP contribution in [-0.2, 0) is 16.3 Å². The van der Waals surface area contributed by atoms with Crippen molar-refractivity contribution in [3.8, 4) is 0 Å². The minimum absolute atomic E-state index is 0.228. The van der Waals surface area contributed by atoms with Crippen molar-refractivity contribution in [1.29, 1.82) is 0 Å². The van der Waals surface area contributed by atoms with Gasteiger partial charge < -0.3 is 5.32 Å². The van der Waals surface area contributed by atoms with Crippen LogP contribution in [0.5, 0.6) is 0 Å². The predicted octanol–water partition coefficient (Wildman–Crippen LogP) is 3.21. The number of sulfone groups is 1. The van der Waals surface area contributed by atoms with Gasteiger partial charge in [-0.25, -0.2) is 12.8 Å².